The van der Waals surface area contributed by atoms with Crippen molar-refractivity contribution in [2.45, 2.75) is 27.0 Å². The standard InChI is InChI=1S/C23H26N2O3/c1-3-25(4-2)16-18-9-8-10-19(15-18)24-23(26)22-14-13-21(28-22)17-27-20-11-6-5-7-12-20/h5-15H,3-4,16-17H2,1-2H3,(H,24,26). The molecule has 0 aliphatic rings. The van der Waals surface area contributed by atoms with Crippen LogP contribution in [0.5, 0.6) is 5.75 Å². The molecule has 0 aliphatic carbocycles. The zero-order valence-electron chi connectivity index (χ0n) is 16.4. The highest BCUT2D eigenvalue weighted by Crippen LogP contribution is 2.17. The second-order valence-electron chi connectivity index (χ2n) is 6.48. The second-order valence-corrected chi connectivity index (χ2v) is 6.48. The molecule has 0 spiro atoms. The molecule has 5 nitrogen and oxygen atoms in total. The quantitative estimate of drug-likeness (QED) is 0.572. The monoisotopic (exact) mass is 378 g/mol. The molecule has 0 aliphatic heterocycles. The molecule has 0 saturated heterocycles. The first-order valence-corrected chi connectivity index (χ1v) is 9.57. The van der Waals surface area contributed by atoms with E-state index in [1.165, 1.54) is 0 Å². The average Bonchev–Trinajstić information content (AvgIpc) is 3.21. The number of amides is 1. The van der Waals surface area contributed by atoms with Crippen molar-refractivity contribution in [3.63, 3.8) is 0 Å². The number of carbonyl (C=O) groups is 1. The minimum Gasteiger partial charge on any atom is -0.486 e. The van der Waals surface area contributed by atoms with Gasteiger partial charge in [-0.3, -0.25) is 9.69 Å². The van der Waals surface area contributed by atoms with Crippen molar-refractivity contribution in [2.24, 2.45) is 0 Å². The van der Waals surface area contributed by atoms with Gasteiger partial charge in [0.15, 0.2) is 5.76 Å². The van der Waals surface area contributed by atoms with Crippen molar-refractivity contribution in [2.75, 3.05) is 18.4 Å². The Morgan fingerprint density at radius 2 is 1.79 bits per heavy atom. The van der Waals surface area contributed by atoms with Crippen molar-refractivity contribution in [1.29, 1.82) is 0 Å². The molecule has 2 aromatic carbocycles. The maximum Gasteiger partial charge on any atom is 0.291 e. The molecule has 0 saturated carbocycles. The van der Waals surface area contributed by atoms with E-state index in [-0.39, 0.29) is 18.3 Å². The van der Waals surface area contributed by atoms with Crippen LogP contribution in [0.4, 0.5) is 5.69 Å². The largest absolute Gasteiger partial charge is 0.486 e. The molecule has 5 heteroatoms. The van der Waals surface area contributed by atoms with E-state index in [1.807, 2.05) is 48.5 Å². The van der Waals surface area contributed by atoms with E-state index in [9.17, 15) is 4.79 Å². The number of nitrogens with zero attached hydrogens (tertiary/aromatic N) is 1. The maximum atomic E-state index is 12.5. The lowest BCUT2D eigenvalue weighted by Crippen LogP contribution is -2.22. The van der Waals surface area contributed by atoms with Gasteiger partial charge in [-0.15, -0.1) is 0 Å². The lowest BCUT2D eigenvalue weighted by molar-refractivity contribution is 0.0992. The molecule has 0 atom stereocenters. The van der Waals surface area contributed by atoms with E-state index in [1.54, 1.807) is 12.1 Å². The number of nitrogens with one attached hydrogen (secondary N) is 1. The van der Waals surface area contributed by atoms with Crippen molar-refractivity contribution in [3.05, 3.63) is 83.8 Å². The van der Waals surface area contributed by atoms with Gasteiger partial charge in [0.25, 0.3) is 5.91 Å². The summed E-state index contributed by atoms with van der Waals surface area (Å²) in [7, 11) is 0. The second kappa shape index (κ2) is 9.76. The molecule has 1 aromatic heterocycles. The lowest BCUT2D eigenvalue weighted by Gasteiger charge is -2.18. The summed E-state index contributed by atoms with van der Waals surface area (Å²) in [6.45, 7) is 7.41. The summed E-state index contributed by atoms with van der Waals surface area (Å²) >= 11 is 0. The van der Waals surface area contributed by atoms with Crippen LogP contribution in [0.3, 0.4) is 0 Å². The zero-order chi connectivity index (χ0) is 19.8. The summed E-state index contributed by atoms with van der Waals surface area (Å²) < 4.78 is 11.3. The molecule has 1 N–H and O–H groups in total. The third-order valence-electron chi connectivity index (χ3n) is 4.50. The summed E-state index contributed by atoms with van der Waals surface area (Å²) in [6.07, 6.45) is 0. The number of hydrogen-bond donors (Lipinski definition) is 1. The summed E-state index contributed by atoms with van der Waals surface area (Å²) in [5.74, 6) is 1.35. The fourth-order valence-electron chi connectivity index (χ4n) is 2.89. The lowest BCUT2D eigenvalue weighted by atomic mass is 10.2. The van der Waals surface area contributed by atoms with Crippen LogP contribution in [0.2, 0.25) is 0 Å². The van der Waals surface area contributed by atoms with Crippen LogP contribution in [-0.4, -0.2) is 23.9 Å². The molecule has 28 heavy (non-hydrogen) atoms. The highest BCUT2D eigenvalue weighted by molar-refractivity contribution is 6.02. The van der Waals surface area contributed by atoms with E-state index in [2.05, 4.69) is 30.1 Å². The van der Waals surface area contributed by atoms with Crippen LogP contribution in [0.1, 0.15) is 35.7 Å². The van der Waals surface area contributed by atoms with Gasteiger partial charge >= 0.3 is 0 Å². The van der Waals surface area contributed by atoms with Gasteiger partial charge in [0, 0.05) is 12.2 Å². The van der Waals surface area contributed by atoms with Gasteiger partial charge < -0.3 is 14.5 Å². The number of para-hydroxylation sites is 1. The van der Waals surface area contributed by atoms with E-state index in [0.29, 0.717) is 5.76 Å². The molecule has 0 unspecified atom stereocenters. The number of ether oxygens (including phenoxy) is 1. The molecular formula is C23H26N2O3. The van der Waals surface area contributed by atoms with Crippen molar-refractivity contribution in [1.82, 2.24) is 4.90 Å². The Balaban J connectivity index is 1.58. The minimum absolute atomic E-state index is 0.265. The van der Waals surface area contributed by atoms with E-state index >= 15 is 0 Å². The number of rotatable bonds is 9. The predicted molar refractivity (Wildman–Crippen MR) is 111 cm³/mol. The smallest absolute Gasteiger partial charge is 0.291 e. The molecule has 1 amide bonds. The minimum atomic E-state index is -0.272. The van der Waals surface area contributed by atoms with Crippen LogP contribution < -0.4 is 10.1 Å². The van der Waals surface area contributed by atoms with Crippen molar-refractivity contribution >= 4 is 11.6 Å². The van der Waals surface area contributed by atoms with Crippen LogP contribution in [-0.2, 0) is 13.2 Å². The Morgan fingerprint density at radius 1 is 1.00 bits per heavy atom. The first-order chi connectivity index (χ1) is 13.7. The third kappa shape index (κ3) is 5.47. The third-order valence-corrected chi connectivity index (χ3v) is 4.50. The molecule has 3 rings (SSSR count). The van der Waals surface area contributed by atoms with Crippen molar-refractivity contribution < 1.29 is 13.9 Å². The van der Waals surface area contributed by atoms with Gasteiger partial charge in [-0.1, -0.05) is 44.2 Å². The molecule has 146 valence electrons. The fraction of sp³-hybridized carbons (Fsp3) is 0.261. The van der Waals surface area contributed by atoms with Crippen LogP contribution in [0.15, 0.2) is 71.1 Å². The highest BCUT2D eigenvalue weighted by atomic mass is 16.5. The van der Waals surface area contributed by atoms with Gasteiger partial charge in [-0.2, -0.15) is 0 Å². The SMILES string of the molecule is CCN(CC)Cc1cccc(NC(=O)c2ccc(COc3ccccc3)o2)c1. The number of carbonyl (C=O) groups excluding carboxylic acids is 1. The Hall–Kier alpha value is -3.05. The van der Waals surface area contributed by atoms with Gasteiger partial charge in [0.1, 0.15) is 18.1 Å². The zero-order valence-corrected chi connectivity index (χ0v) is 16.4. The Bertz CT molecular complexity index is 886. The molecule has 1 heterocycles. The normalized spacial score (nSPS) is 10.8. The van der Waals surface area contributed by atoms with E-state index < -0.39 is 0 Å². The summed E-state index contributed by atoms with van der Waals surface area (Å²) in [4.78, 5) is 14.8. The topological polar surface area (TPSA) is 54.7 Å². The number of furan rings is 1. The molecule has 0 fully saturated rings. The summed E-state index contributed by atoms with van der Waals surface area (Å²) in [6, 6.07) is 20.8. The number of anilines is 1. The average molecular weight is 378 g/mol. The Kier molecular flexibility index (Phi) is 6.87. The van der Waals surface area contributed by atoms with Crippen molar-refractivity contribution in [3.8, 4) is 5.75 Å². The van der Waals surface area contributed by atoms with Gasteiger partial charge in [-0.25, -0.2) is 0 Å². The van der Waals surface area contributed by atoms with Gasteiger partial charge in [-0.05, 0) is 55.1 Å². The molecule has 0 bridgehead atoms. The fourth-order valence-corrected chi connectivity index (χ4v) is 2.89. The van der Waals surface area contributed by atoms with Crippen LogP contribution in [0, 0.1) is 0 Å². The van der Waals surface area contributed by atoms with E-state index in [0.717, 1.165) is 36.6 Å². The maximum absolute atomic E-state index is 12.5. The Labute approximate surface area is 165 Å². The summed E-state index contributed by atoms with van der Waals surface area (Å²) in [5.41, 5.74) is 1.92. The number of benzene rings is 2. The highest BCUT2D eigenvalue weighted by Gasteiger charge is 2.12. The first-order valence-electron chi connectivity index (χ1n) is 9.57. The van der Waals surface area contributed by atoms with Crippen LogP contribution in [0.25, 0.3) is 0 Å². The molecular weight excluding hydrogens is 352 g/mol. The predicted octanol–water partition coefficient (Wildman–Crippen LogP) is 4.95. The molecule has 0 radical (unpaired) electrons. The first kappa shape index (κ1) is 19.7. The summed E-state index contributed by atoms with van der Waals surface area (Å²) in [5, 5.41) is 2.90. The van der Waals surface area contributed by atoms with Gasteiger partial charge in [0.05, 0.1) is 0 Å². The number of hydrogen-bond acceptors (Lipinski definition) is 4. The van der Waals surface area contributed by atoms with E-state index in [4.69, 9.17) is 9.15 Å². The molecule has 3 aromatic rings. The van der Waals surface area contributed by atoms with Gasteiger partial charge in [0.2, 0.25) is 0 Å². The van der Waals surface area contributed by atoms with Crippen LogP contribution >= 0.6 is 0 Å². The Morgan fingerprint density at radius 3 is 2.54 bits per heavy atom.